The van der Waals surface area contributed by atoms with E-state index in [2.05, 4.69) is 58.0 Å². The Morgan fingerprint density at radius 1 is 1.26 bits per heavy atom. The first-order valence-corrected chi connectivity index (χ1v) is 16.8. The predicted octanol–water partition coefficient (Wildman–Crippen LogP) is 5.23. The molecular formula is C28H35BrFN8O3P. The van der Waals surface area contributed by atoms with Gasteiger partial charge in [0.1, 0.15) is 30.2 Å². The zero-order valence-electron chi connectivity index (χ0n) is 24.2. The largest absolute Gasteiger partial charge is 0.492 e. The predicted molar refractivity (Wildman–Crippen MR) is 172 cm³/mol. The molecule has 224 valence electrons. The summed E-state index contributed by atoms with van der Waals surface area (Å²) < 4.78 is 41.0. The molecule has 14 heteroatoms. The summed E-state index contributed by atoms with van der Waals surface area (Å²) >= 11 is 3.47. The van der Waals surface area contributed by atoms with E-state index < -0.39 is 13.0 Å². The van der Waals surface area contributed by atoms with Crippen LogP contribution in [0.5, 0.6) is 5.75 Å². The van der Waals surface area contributed by atoms with Crippen molar-refractivity contribution in [3.63, 3.8) is 0 Å². The van der Waals surface area contributed by atoms with Crippen molar-refractivity contribution in [3.8, 4) is 5.75 Å². The summed E-state index contributed by atoms with van der Waals surface area (Å²) in [6.45, 7) is 10.3. The lowest BCUT2D eigenvalue weighted by molar-refractivity contribution is 0.122. The molecule has 0 aliphatic carbocycles. The second-order valence-electron chi connectivity index (χ2n) is 9.85. The fraction of sp³-hybridized carbons (Fsp3) is 0.357. The Balaban J connectivity index is 1.68. The van der Waals surface area contributed by atoms with Crippen LogP contribution in [0, 0.1) is 18.2 Å². The van der Waals surface area contributed by atoms with Gasteiger partial charge in [0.25, 0.3) is 0 Å². The molecule has 0 amide bonds. The minimum atomic E-state index is -3.13. The summed E-state index contributed by atoms with van der Waals surface area (Å²) in [7, 11) is -1.58. The average molecular weight is 662 g/mol. The molecule has 2 heterocycles. The summed E-state index contributed by atoms with van der Waals surface area (Å²) in [6.07, 6.45) is 2.51. The normalized spacial score (nSPS) is 14.0. The molecule has 1 saturated heterocycles. The minimum Gasteiger partial charge on any atom is -0.492 e. The van der Waals surface area contributed by atoms with Crippen molar-refractivity contribution in [1.82, 2.24) is 15.4 Å². The number of nitrogens with one attached hydrogen (secondary N) is 4. The van der Waals surface area contributed by atoms with Crippen LogP contribution in [-0.4, -0.2) is 75.2 Å². The molecule has 0 unspecified atom stereocenters. The highest BCUT2D eigenvalue weighted by atomic mass is 79.9. The van der Waals surface area contributed by atoms with Gasteiger partial charge in [0, 0.05) is 49.9 Å². The smallest absolute Gasteiger partial charge is 0.229 e. The van der Waals surface area contributed by atoms with Crippen LogP contribution >= 0.6 is 23.1 Å². The van der Waals surface area contributed by atoms with E-state index in [0.717, 1.165) is 42.0 Å². The summed E-state index contributed by atoms with van der Waals surface area (Å²) in [6, 6.07) is 7.10. The maximum atomic E-state index is 15.8. The monoisotopic (exact) mass is 660 g/mol. The van der Waals surface area contributed by atoms with Gasteiger partial charge in [-0.25, -0.2) is 9.37 Å². The number of aromatic nitrogens is 2. The number of morpholine rings is 1. The van der Waals surface area contributed by atoms with Gasteiger partial charge in [0.2, 0.25) is 5.95 Å². The fourth-order valence-electron chi connectivity index (χ4n) is 4.57. The van der Waals surface area contributed by atoms with E-state index in [1.54, 1.807) is 19.3 Å². The Morgan fingerprint density at radius 3 is 2.64 bits per heavy atom. The number of benzene rings is 2. The molecule has 4 N–H and O–H groups in total. The first kappa shape index (κ1) is 31.4. The average Bonchev–Trinajstić information content (AvgIpc) is 2.95. The topological polar surface area (TPSA) is 137 Å². The standard InChI is InChI=1S/C28H35BrFN8O3P/c1-6-41-24-14-21(17(2)13-23(24)38-9-11-40-12-10-38)35-28-33-16-19(29)27(36-28)34-20-8-7-18(22(15-31)37-32-3)25(30)26(20)42(4,5)39/h7-8,13-16,31-32H,6,9-12H2,1-5H3,(H2,33,34,35,36)/b31-15?,37-22+. The van der Waals surface area contributed by atoms with Gasteiger partial charge in [-0.2, -0.15) is 10.1 Å². The van der Waals surface area contributed by atoms with Crippen LogP contribution in [0.4, 0.5) is 33.2 Å². The van der Waals surface area contributed by atoms with Crippen LogP contribution in [0.15, 0.2) is 40.0 Å². The molecule has 11 nitrogen and oxygen atoms in total. The Labute approximate surface area is 253 Å². The summed E-state index contributed by atoms with van der Waals surface area (Å²) in [4.78, 5) is 11.3. The number of ether oxygens (including phenoxy) is 2. The third kappa shape index (κ3) is 7.08. The van der Waals surface area contributed by atoms with Gasteiger partial charge in [-0.1, -0.05) is 0 Å². The Bertz CT molecular complexity index is 1540. The number of rotatable bonds is 11. The van der Waals surface area contributed by atoms with Crippen LogP contribution in [0.1, 0.15) is 18.1 Å². The minimum absolute atomic E-state index is 0.00146. The molecule has 42 heavy (non-hydrogen) atoms. The van der Waals surface area contributed by atoms with Gasteiger partial charge in [0.15, 0.2) is 0 Å². The van der Waals surface area contributed by atoms with E-state index in [1.807, 2.05) is 19.9 Å². The number of hydrazone groups is 1. The molecular weight excluding hydrogens is 626 g/mol. The number of halogens is 2. The lowest BCUT2D eigenvalue weighted by Gasteiger charge is -2.31. The van der Waals surface area contributed by atoms with Crippen LogP contribution in [-0.2, 0) is 9.30 Å². The summed E-state index contributed by atoms with van der Waals surface area (Å²) in [5.41, 5.74) is 5.75. The lowest BCUT2D eigenvalue weighted by Crippen LogP contribution is -2.36. The third-order valence-electron chi connectivity index (χ3n) is 6.50. The van der Waals surface area contributed by atoms with E-state index >= 15 is 4.39 Å². The van der Waals surface area contributed by atoms with Crippen molar-refractivity contribution >= 4 is 69.1 Å². The highest BCUT2D eigenvalue weighted by Crippen LogP contribution is 2.41. The quantitative estimate of drug-likeness (QED) is 0.124. The molecule has 2 aromatic carbocycles. The fourth-order valence-corrected chi connectivity index (χ4v) is 6.17. The molecule has 3 aromatic rings. The van der Waals surface area contributed by atoms with Crippen LogP contribution in [0.25, 0.3) is 0 Å². The number of hydrogen-bond donors (Lipinski definition) is 4. The summed E-state index contributed by atoms with van der Waals surface area (Å²) in [5, 5.41) is 18.0. The molecule has 1 aromatic heterocycles. The lowest BCUT2D eigenvalue weighted by atomic mass is 10.1. The van der Waals surface area contributed by atoms with Gasteiger partial charge in [-0.05, 0) is 66.9 Å². The second-order valence-corrected chi connectivity index (χ2v) is 13.8. The molecule has 0 saturated carbocycles. The van der Waals surface area contributed by atoms with Crippen molar-refractivity contribution in [3.05, 3.63) is 51.9 Å². The molecule has 4 rings (SSSR count). The van der Waals surface area contributed by atoms with Crippen molar-refractivity contribution in [2.24, 2.45) is 5.10 Å². The Morgan fingerprint density at radius 2 is 2.00 bits per heavy atom. The van der Waals surface area contributed by atoms with E-state index in [9.17, 15) is 4.57 Å². The van der Waals surface area contributed by atoms with Gasteiger partial charge in [-0.3, -0.25) is 0 Å². The molecule has 1 fully saturated rings. The Hall–Kier alpha value is -3.54. The molecule has 1 aliphatic rings. The van der Waals surface area contributed by atoms with Crippen molar-refractivity contribution in [2.45, 2.75) is 13.8 Å². The zero-order valence-corrected chi connectivity index (χ0v) is 26.7. The molecule has 0 atom stereocenters. The first-order valence-electron chi connectivity index (χ1n) is 13.4. The van der Waals surface area contributed by atoms with Crippen molar-refractivity contribution < 1.29 is 18.4 Å². The number of hydrogen-bond acceptors (Lipinski definition) is 11. The van der Waals surface area contributed by atoms with E-state index in [0.29, 0.717) is 36.1 Å². The highest BCUT2D eigenvalue weighted by Gasteiger charge is 2.26. The van der Waals surface area contributed by atoms with E-state index in [4.69, 9.17) is 14.9 Å². The van der Waals surface area contributed by atoms with Gasteiger partial charge < -0.3 is 40.4 Å². The Kier molecular flexibility index (Phi) is 10.2. The summed E-state index contributed by atoms with van der Waals surface area (Å²) in [5.74, 6) is 0.676. The highest BCUT2D eigenvalue weighted by molar-refractivity contribution is 9.10. The van der Waals surface area contributed by atoms with Gasteiger partial charge in [0.05, 0.1) is 41.0 Å². The van der Waals surface area contributed by atoms with Gasteiger partial charge >= 0.3 is 0 Å². The van der Waals surface area contributed by atoms with Crippen molar-refractivity contribution in [1.29, 1.82) is 5.41 Å². The molecule has 0 bridgehead atoms. The van der Waals surface area contributed by atoms with E-state index in [-0.39, 0.29) is 22.3 Å². The maximum Gasteiger partial charge on any atom is 0.229 e. The molecule has 0 radical (unpaired) electrons. The van der Waals surface area contributed by atoms with Crippen LogP contribution in [0.3, 0.4) is 0 Å². The molecule has 1 aliphatic heterocycles. The third-order valence-corrected chi connectivity index (χ3v) is 8.60. The molecule has 0 spiro atoms. The number of anilines is 5. The van der Waals surface area contributed by atoms with Crippen LogP contribution < -0.4 is 31.0 Å². The maximum absolute atomic E-state index is 15.8. The SMILES string of the molecule is CCOc1cc(Nc2ncc(Br)c(Nc3ccc(/C(C=N)=N/NC)c(F)c3P(C)(C)=O)n2)c(C)cc1N1CCOCC1. The number of aryl methyl sites for hydroxylation is 1. The van der Waals surface area contributed by atoms with Crippen LogP contribution in [0.2, 0.25) is 0 Å². The van der Waals surface area contributed by atoms with E-state index in [1.165, 1.54) is 19.4 Å². The zero-order chi connectivity index (χ0) is 30.4. The second kappa shape index (κ2) is 13.6. The number of nitrogens with zero attached hydrogens (tertiary/aromatic N) is 4. The first-order chi connectivity index (χ1) is 20.1. The van der Waals surface area contributed by atoms with Crippen molar-refractivity contribution in [2.75, 3.05) is 68.8 Å². The van der Waals surface area contributed by atoms with Gasteiger partial charge in [-0.15, -0.1) is 0 Å².